The van der Waals surface area contributed by atoms with Crippen LogP contribution in [0.25, 0.3) is 0 Å². The van der Waals surface area contributed by atoms with Gasteiger partial charge < -0.3 is 5.32 Å². The first kappa shape index (κ1) is 16.7. The summed E-state index contributed by atoms with van der Waals surface area (Å²) in [4.78, 5) is 28.6. The number of hydroxylamine groups is 2. The Kier molecular flexibility index (Phi) is 4.20. The summed E-state index contributed by atoms with van der Waals surface area (Å²) in [6.07, 6.45) is 6.44. The number of carbonyl (C=O) groups excluding carboxylic acids is 2. The Morgan fingerprint density at radius 1 is 1.19 bits per heavy atom. The van der Waals surface area contributed by atoms with E-state index in [1.54, 1.807) is 30.6 Å². The SMILES string of the molecule is O=C(c1ccc2c(c1)CC[C@@]1(CCNC1=O)C2)N(O)Cc1ccncc1. The molecule has 2 aliphatic rings. The fourth-order valence-electron chi connectivity index (χ4n) is 4.00. The van der Waals surface area contributed by atoms with E-state index in [1.807, 2.05) is 12.1 Å². The van der Waals surface area contributed by atoms with E-state index in [0.29, 0.717) is 5.56 Å². The Labute approximate surface area is 151 Å². The van der Waals surface area contributed by atoms with Gasteiger partial charge in [-0.05, 0) is 66.6 Å². The van der Waals surface area contributed by atoms with E-state index in [9.17, 15) is 14.8 Å². The van der Waals surface area contributed by atoms with Crippen molar-refractivity contribution in [1.29, 1.82) is 0 Å². The molecule has 1 saturated heterocycles. The van der Waals surface area contributed by atoms with Gasteiger partial charge in [-0.25, -0.2) is 5.06 Å². The minimum Gasteiger partial charge on any atom is -0.356 e. The van der Waals surface area contributed by atoms with Crippen LogP contribution >= 0.6 is 0 Å². The van der Waals surface area contributed by atoms with Crippen molar-refractivity contribution in [2.24, 2.45) is 5.41 Å². The highest BCUT2D eigenvalue weighted by Crippen LogP contribution is 2.41. The summed E-state index contributed by atoms with van der Waals surface area (Å²) in [5, 5.41) is 13.8. The number of pyridine rings is 1. The third-order valence-corrected chi connectivity index (χ3v) is 5.54. The number of nitrogens with one attached hydrogen (secondary N) is 1. The average molecular weight is 351 g/mol. The summed E-state index contributed by atoms with van der Waals surface area (Å²) in [6, 6.07) is 9.04. The standard InChI is InChI=1S/C20H21N3O3/c24-18(23(26)13-14-4-8-21-9-5-14)16-1-2-17-12-20(6-3-15(17)11-16)7-10-22-19(20)25/h1-2,4-5,8-9,11,26H,3,6-7,10,12-13H2,(H,22,25)/t20-/m1/s1. The second-order valence-electron chi connectivity index (χ2n) is 7.16. The van der Waals surface area contributed by atoms with Gasteiger partial charge in [0, 0.05) is 24.5 Å². The number of rotatable bonds is 3. The third-order valence-electron chi connectivity index (χ3n) is 5.54. The third kappa shape index (κ3) is 2.97. The highest BCUT2D eigenvalue weighted by Gasteiger charge is 2.44. The van der Waals surface area contributed by atoms with Gasteiger partial charge in [0.15, 0.2) is 0 Å². The van der Waals surface area contributed by atoms with Crippen LogP contribution in [0.2, 0.25) is 0 Å². The van der Waals surface area contributed by atoms with Gasteiger partial charge in [0.1, 0.15) is 0 Å². The molecular formula is C20H21N3O3. The number of hydrogen-bond donors (Lipinski definition) is 2. The Bertz CT molecular complexity index is 853. The van der Waals surface area contributed by atoms with Gasteiger partial charge in [-0.3, -0.25) is 19.8 Å². The second kappa shape index (κ2) is 6.53. The van der Waals surface area contributed by atoms with Crippen LogP contribution in [0.5, 0.6) is 0 Å². The number of amides is 2. The van der Waals surface area contributed by atoms with Gasteiger partial charge in [-0.1, -0.05) is 6.07 Å². The van der Waals surface area contributed by atoms with Crippen LogP contribution in [-0.4, -0.2) is 33.6 Å². The molecular weight excluding hydrogens is 330 g/mol. The largest absolute Gasteiger partial charge is 0.356 e. The number of carbonyl (C=O) groups is 2. The predicted molar refractivity (Wildman–Crippen MR) is 94.4 cm³/mol. The number of benzene rings is 1. The molecule has 2 heterocycles. The summed E-state index contributed by atoms with van der Waals surface area (Å²) < 4.78 is 0. The van der Waals surface area contributed by atoms with Crippen molar-refractivity contribution >= 4 is 11.8 Å². The first-order chi connectivity index (χ1) is 12.6. The molecule has 1 aliphatic carbocycles. The quantitative estimate of drug-likeness (QED) is 0.655. The van der Waals surface area contributed by atoms with Gasteiger partial charge in [0.05, 0.1) is 12.0 Å². The van der Waals surface area contributed by atoms with Crippen LogP contribution in [0, 0.1) is 5.41 Å². The molecule has 6 nitrogen and oxygen atoms in total. The van der Waals surface area contributed by atoms with Crippen molar-refractivity contribution in [2.45, 2.75) is 32.2 Å². The zero-order valence-electron chi connectivity index (χ0n) is 14.4. The summed E-state index contributed by atoms with van der Waals surface area (Å²) in [5.41, 5.74) is 3.22. The number of nitrogens with zero attached hydrogens (tertiary/aromatic N) is 2. The second-order valence-corrected chi connectivity index (χ2v) is 7.16. The molecule has 134 valence electrons. The van der Waals surface area contributed by atoms with E-state index >= 15 is 0 Å². The van der Waals surface area contributed by atoms with Gasteiger partial charge in [-0.2, -0.15) is 0 Å². The smallest absolute Gasteiger partial charge is 0.277 e. The maximum Gasteiger partial charge on any atom is 0.277 e. The van der Waals surface area contributed by atoms with Crippen LogP contribution in [0.15, 0.2) is 42.7 Å². The zero-order valence-corrected chi connectivity index (χ0v) is 14.4. The molecule has 26 heavy (non-hydrogen) atoms. The van der Waals surface area contributed by atoms with Crippen molar-refractivity contribution in [1.82, 2.24) is 15.4 Å². The van der Waals surface area contributed by atoms with Gasteiger partial charge in [0.2, 0.25) is 5.91 Å². The summed E-state index contributed by atoms with van der Waals surface area (Å²) >= 11 is 0. The number of aromatic nitrogens is 1. The molecule has 2 N–H and O–H groups in total. The molecule has 2 amide bonds. The van der Waals surface area contributed by atoms with Gasteiger partial charge in [-0.15, -0.1) is 0 Å². The normalized spacial score (nSPS) is 21.3. The molecule has 0 bridgehead atoms. The summed E-state index contributed by atoms with van der Waals surface area (Å²) in [7, 11) is 0. The maximum atomic E-state index is 12.5. The molecule has 0 radical (unpaired) electrons. The van der Waals surface area contributed by atoms with Gasteiger partial charge in [0.25, 0.3) is 5.91 Å². The first-order valence-corrected chi connectivity index (χ1v) is 8.87. The molecule has 4 rings (SSSR count). The lowest BCUT2D eigenvalue weighted by atomic mass is 9.70. The topological polar surface area (TPSA) is 82.5 Å². The molecule has 0 saturated carbocycles. The molecule has 1 aromatic heterocycles. The minimum absolute atomic E-state index is 0.113. The van der Waals surface area contributed by atoms with E-state index in [1.165, 1.54) is 0 Å². The van der Waals surface area contributed by atoms with E-state index in [2.05, 4.69) is 10.3 Å². The van der Waals surface area contributed by atoms with Crippen LogP contribution < -0.4 is 5.32 Å². The lowest BCUT2D eigenvalue weighted by Crippen LogP contribution is -2.36. The van der Waals surface area contributed by atoms with E-state index < -0.39 is 5.91 Å². The van der Waals surface area contributed by atoms with Crippen molar-refractivity contribution in [3.05, 3.63) is 65.0 Å². The van der Waals surface area contributed by atoms with Crippen LogP contribution in [0.4, 0.5) is 0 Å². The monoisotopic (exact) mass is 351 g/mol. The Hall–Kier alpha value is -2.73. The zero-order chi connectivity index (χ0) is 18.1. The molecule has 1 aromatic carbocycles. The maximum absolute atomic E-state index is 12.5. The Morgan fingerprint density at radius 3 is 2.73 bits per heavy atom. The molecule has 1 fully saturated rings. The molecule has 6 heteroatoms. The lowest BCUT2D eigenvalue weighted by molar-refractivity contribution is -0.128. The van der Waals surface area contributed by atoms with E-state index in [4.69, 9.17) is 0 Å². The molecule has 1 spiro atoms. The Morgan fingerprint density at radius 2 is 2.00 bits per heavy atom. The summed E-state index contributed by atoms with van der Waals surface area (Å²) in [6.45, 7) is 0.862. The first-order valence-electron chi connectivity index (χ1n) is 8.87. The van der Waals surface area contributed by atoms with Crippen LogP contribution in [-0.2, 0) is 24.2 Å². The Balaban J connectivity index is 1.51. The van der Waals surface area contributed by atoms with Crippen LogP contribution in [0.1, 0.15) is 39.9 Å². The van der Waals surface area contributed by atoms with Crippen molar-refractivity contribution < 1.29 is 14.8 Å². The molecule has 2 aromatic rings. The van der Waals surface area contributed by atoms with Crippen LogP contribution in [0.3, 0.4) is 0 Å². The highest BCUT2D eigenvalue weighted by molar-refractivity contribution is 5.94. The lowest BCUT2D eigenvalue weighted by Gasteiger charge is -2.32. The van der Waals surface area contributed by atoms with Crippen molar-refractivity contribution in [3.8, 4) is 0 Å². The number of hydrogen-bond acceptors (Lipinski definition) is 4. The highest BCUT2D eigenvalue weighted by atomic mass is 16.5. The number of aryl methyl sites for hydroxylation is 1. The van der Waals surface area contributed by atoms with Gasteiger partial charge >= 0.3 is 0 Å². The van der Waals surface area contributed by atoms with E-state index in [-0.39, 0.29) is 17.9 Å². The average Bonchev–Trinajstić information content (AvgIpc) is 3.01. The fourth-order valence-corrected chi connectivity index (χ4v) is 4.00. The van der Waals surface area contributed by atoms with E-state index in [0.717, 1.165) is 54.0 Å². The summed E-state index contributed by atoms with van der Waals surface area (Å²) in [5.74, 6) is -0.273. The molecule has 1 atom stereocenters. The van der Waals surface area contributed by atoms with Crippen molar-refractivity contribution in [3.63, 3.8) is 0 Å². The fraction of sp³-hybridized carbons (Fsp3) is 0.350. The minimum atomic E-state index is -0.427. The predicted octanol–water partition coefficient (Wildman–Crippen LogP) is 2.11. The van der Waals surface area contributed by atoms with Crippen molar-refractivity contribution in [2.75, 3.05) is 6.54 Å². The molecule has 0 unspecified atom stereocenters. The number of fused-ring (bicyclic) bond motifs is 1. The molecule has 1 aliphatic heterocycles.